The van der Waals surface area contributed by atoms with Crippen molar-refractivity contribution >= 4 is 29.4 Å². The second-order valence-corrected chi connectivity index (χ2v) is 14.7. The highest BCUT2D eigenvalue weighted by Crippen LogP contribution is 2.59. The van der Waals surface area contributed by atoms with Crippen LogP contribution in [-0.2, 0) is 19.9 Å². The molecule has 0 bridgehead atoms. The fourth-order valence-corrected chi connectivity index (χ4v) is 6.75. The molecular formula is C34H36ClF4N9O3. The van der Waals surface area contributed by atoms with Gasteiger partial charge in [0.1, 0.15) is 18.6 Å². The lowest BCUT2D eigenvalue weighted by Crippen LogP contribution is -2.47. The number of aromatic amines is 1. The normalized spacial score (nSPS) is 19.4. The first-order valence-corrected chi connectivity index (χ1v) is 16.5. The first kappa shape index (κ1) is 35.9. The minimum Gasteiger partial charge on any atom is -0.463 e. The summed E-state index contributed by atoms with van der Waals surface area (Å²) >= 11 is 6.45. The fourth-order valence-electron chi connectivity index (χ4n) is 6.56. The number of hydrogen-bond acceptors (Lipinski definition) is 9. The summed E-state index contributed by atoms with van der Waals surface area (Å²) < 4.78 is 62.8. The molecule has 51 heavy (non-hydrogen) atoms. The van der Waals surface area contributed by atoms with Gasteiger partial charge in [-0.25, -0.2) is 32.2 Å². The number of halogens is 5. The zero-order chi connectivity index (χ0) is 36.9. The molecule has 1 fully saturated rings. The van der Waals surface area contributed by atoms with Gasteiger partial charge in [0.15, 0.2) is 17.3 Å². The molecule has 17 heteroatoms. The van der Waals surface area contributed by atoms with Gasteiger partial charge in [-0.1, -0.05) is 62.7 Å². The number of H-pyrrole nitrogens is 1. The number of carbonyl (C=O) groups excluding carboxylic acids is 2. The monoisotopic (exact) mass is 729 g/mol. The van der Waals surface area contributed by atoms with Crippen molar-refractivity contribution in [3.63, 3.8) is 0 Å². The van der Waals surface area contributed by atoms with Crippen LogP contribution >= 0.6 is 11.6 Å². The molecule has 2 aliphatic rings. The van der Waals surface area contributed by atoms with Crippen LogP contribution in [0.4, 0.5) is 17.6 Å². The summed E-state index contributed by atoms with van der Waals surface area (Å²) in [6.45, 7) is 6.09. The predicted octanol–water partition coefficient (Wildman–Crippen LogP) is 6.54. The number of nitrogens with two attached hydrogens (primary N) is 1. The topological polar surface area (TPSA) is 157 Å². The second kappa shape index (κ2) is 13.0. The van der Waals surface area contributed by atoms with Gasteiger partial charge in [-0.15, -0.1) is 0 Å². The summed E-state index contributed by atoms with van der Waals surface area (Å²) in [6.07, 6.45) is -0.487. The molecule has 1 saturated carbocycles. The Morgan fingerprint density at radius 3 is 2.41 bits per heavy atom. The largest absolute Gasteiger partial charge is 0.463 e. The standard InChI is InChI=1S/C34H36ClF4N9O3/c1-31(2,3)17-34(21-8-5-19(6-9-21)23-15-42-46-45-23)29(50)47(30(40)44-34)25(16-51-26(49)14-33(11-12-33)32(4,38)39)20-7-10-22(35)24(13-20)48-28(27(36)37)41-18-43-48/h5-10,13,15,18,25,27H,11-12,14,16-17H2,1-4H3,(H2,40,44)(H,42,45,46)/t25-,34-/m1/s1. The average Bonchev–Trinajstić information content (AvgIpc) is 3.38. The van der Waals surface area contributed by atoms with Crippen molar-refractivity contribution in [1.29, 1.82) is 0 Å². The number of alkyl halides is 4. The molecule has 6 rings (SSSR count). The third kappa shape index (κ3) is 6.93. The highest BCUT2D eigenvalue weighted by Gasteiger charge is 2.60. The third-order valence-corrected chi connectivity index (χ3v) is 9.64. The molecule has 0 spiro atoms. The summed E-state index contributed by atoms with van der Waals surface area (Å²) in [5, 5.41) is 14.5. The van der Waals surface area contributed by atoms with E-state index in [2.05, 4.69) is 25.5 Å². The molecule has 12 nitrogen and oxygen atoms in total. The van der Waals surface area contributed by atoms with Crippen LogP contribution in [0.1, 0.15) is 82.8 Å². The van der Waals surface area contributed by atoms with E-state index in [9.17, 15) is 27.2 Å². The van der Waals surface area contributed by atoms with Crippen LogP contribution in [0, 0.1) is 10.8 Å². The zero-order valence-electron chi connectivity index (χ0n) is 28.2. The first-order chi connectivity index (χ1) is 23.9. The van der Waals surface area contributed by atoms with Gasteiger partial charge in [0.2, 0.25) is 0 Å². The number of benzene rings is 2. The number of aliphatic imine (C=N–C) groups is 1. The number of rotatable bonds is 12. The van der Waals surface area contributed by atoms with Crippen molar-refractivity contribution in [2.75, 3.05) is 6.61 Å². The van der Waals surface area contributed by atoms with E-state index in [0.717, 1.165) is 23.5 Å². The SMILES string of the molecule is CC(C)(C)C[C@]1(c2ccc(-c3cn[nH]n3)cc2)N=C(N)N([C@H](COC(=O)CC2(C(C)(F)F)CC2)c2ccc(Cl)c(-n3ncnc3C(F)F)c2)C1=O. The minimum absolute atomic E-state index is 0.00686. The van der Waals surface area contributed by atoms with Crippen LogP contribution in [0.5, 0.6) is 0 Å². The van der Waals surface area contributed by atoms with Gasteiger partial charge < -0.3 is 10.5 Å². The van der Waals surface area contributed by atoms with Crippen molar-refractivity contribution in [3.05, 3.63) is 77.0 Å². The molecule has 4 aromatic rings. The Labute approximate surface area is 295 Å². The minimum atomic E-state index is -3.10. The average molecular weight is 730 g/mol. The summed E-state index contributed by atoms with van der Waals surface area (Å²) in [6, 6.07) is 10.2. The number of esters is 1. The molecule has 0 unspecified atom stereocenters. The number of amides is 1. The first-order valence-electron chi connectivity index (χ1n) is 16.1. The van der Waals surface area contributed by atoms with Gasteiger partial charge in [0, 0.05) is 11.0 Å². The van der Waals surface area contributed by atoms with E-state index in [1.54, 1.807) is 30.5 Å². The van der Waals surface area contributed by atoms with E-state index in [0.29, 0.717) is 11.3 Å². The molecule has 1 amide bonds. The number of nitrogens with one attached hydrogen (secondary N) is 1. The van der Waals surface area contributed by atoms with Gasteiger partial charge in [-0.3, -0.25) is 14.5 Å². The lowest BCUT2D eigenvalue weighted by Gasteiger charge is -2.35. The molecule has 1 aliphatic carbocycles. The number of ether oxygens (including phenoxy) is 1. The van der Waals surface area contributed by atoms with E-state index < -0.39 is 65.5 Å². The third-order valence-electron chi connectivity index (χ3n) is 9.32. The Bertz CT molecular complexity index is 1950. The van der Waals surface area contributed by atoms with Crippen LogP contribution in [0.2, 0.25) is 5.02 Å². The van der Waals surface area contributed by atoms with Gasteiger partial charge in [-0.05, 0) is 54.9 Å². The Balaban J connectivity index is 1.41. The molecule has 270 valence electrons. The molecule has 0 saturated heterocycles. The highest BCUT2D eigenvalue weighted by molar-refractivity contribution is 6.32. The van der Waals surface area contributed by atoms with Gasteiger partial charge in [-0.2, -0.15) is 20.5 Å². The van der Waals surface area contributed by atoms with E-state index in [-0.39, 0.29) is 41.5 Å². The molecule has 2 atom stereocenters. The fraction of sp³-hybridized carbons (Fsp3) is 0.441. The van der Waals surface area contributed by atoms with Gasteiger partial charge >= 0.3 is 5.97 Å². The molecule has 3 N–H and O–H groups in total. The van der Waals surface area contributed by atoms with E-state index in [1.807, 2.05) is 20.8 Å². The van der Waals surface area contributed by atoms with E-state index >= 15 is 0 Å². The number of carbonyl (C=O) groups is 2. The summed E-state index contributed by atoms with van der Waals surface area (Å²) in [5.74, 6) is -5.42. The highest BCUT2D eigenvalue weighted by atomic mass is 35.5. The Morgan fingerprint density at radius 1 is 1.12 bits per heavy atom. The zero-order valence-corrected chi connectivity index (χ0v) is 29.0. The molecule has 1 aliphatic heterocycles. The Kier molecular flexibility index (Phi) is 9.19. The van der Waals surface area contributed by atoms with Gasteiger partial charge in [0.05, 0.1) is 29.4 Å². The Hall–Kier alpha value is -4.86. The summed E-state index contributed by atoms with van der Waals surface area (Å²) in [4.78, 5) is 37.6. The van der Waals surface area contributed by atoms with E-state index in [1.165, 1.54) is 23.1 Å². The number of nitrogens with zero attached hydrogens (tertiary/aromatic N) is 7. The lowest BCUT2D eigenvalue weighted by atomic mass is 9.75. The van der Waals surface area contributed by atoms with E-state index in [4.69, 9.17) is 27.1 Å². The number of guanidine groups is 1. The maximum Gasteiger partial charge on any atom is 0.306 e. The van der Waals surface area contributed by atoms with Crippen molar-refractivity contribution < 1.29 is 31.9 Å². The van der Waals surface area contributed by atoms with Crippen molar-refractivity contribution in [1.82, 2.24) is 35.1 Å². The number of hydrogen-bond donors (Lipinski definition) is 2. The molecule has 2 aromatic heterocycles. The van der Waals surface area contributed by atoms with Crippen LogP contribution < -0.4 is 5.73 Å². The van der Waals surface area contributed by atoms with Crippen LogP contribution in [-0.4, -0.2) is 65.4 Å². The summed E-state index contributed by atoms with van der Waals surface area (Å²) in [5.41, 5.74) is 5.21. The van der Waals surface area contributed by atoms with Gasteiger partial charge in [0.25, 0.3) is 18.3 Å². The smallest absolute Gasteiger partial charge is 0.306 e. The molecule has 2 aromatic carbocycles. The molecule has 3 heterocycles. The molecule has 0 radical (unpaired) electrons. The lowest BCUT2D eigenvalue weighted by molar-refractivity contribution is -0.153. The van der Waals surface area contributed by atoms with Crippen LogP contribution in [0.25, 0.3) is 16.9 Å². The maximum absolute atomic E-state index is 14.9. The quantitative estimate of drug-likeness (QED) is 0.123. The van der Waals surface area contributed by atoms with Crippen molar-refractivity contribution in [2.24, 2.45) is 21.6 Å². The summed E-state index contributed by atoms with van der Waals surface area (Å²) in [7, 11) is 0. The number of aromatic nitrogens is 6. The van der Waals surface area contributed by atoms with Crippen LogP contribution in [0.3, 0.4) is 0 Å². The maximum atomic E-state index is 14.9. The van der Waals surface area contributed by atoms with Crippen molar-refractivity contribution in [3.8, 4) is 16.9 Å². The second-order valence-electron chi connectivity index (χ2n) is 14.3. The van der Waals surface area contributed by atoms with Crippen LogP contribution in [0.15, 0.2) is 60.0 Å². The molecular weight excluding hydrogens is 694 g/mol. The Morgan fingerprint density at radius 2 is 1.82 bits per heavy atom. The van der Waals surface area contributed by atoms with Crippen molar-refractivity contribution in [2.45, 2.75) is 77.3 Å². The predicted molar refractivity (Wildman–Crippen MR) is 178 cm³/mol.